The Bertz CT molecular complexity index is 911. The van der Waals surface area contributed by atoms with Gasteiger partial charge in [-0.2, -0.15) is 4.39 Å². The van der Waals surface area contributed by atoms with Crippen molar-refractivity contribution >= 4 is 17.4 Å². The number of halogens is 1. The van der Waals surface area contributed by atoms with E-state index in [1.165, 1.54) is 4.40 Å². The highest BCUT2D eigenvalue weighted by Crippen LogP contribution is 2.21. The van der Waals surface area contributed by atoms with Gasteiger partial charge in [0.1, 0.15) is 17.3 Å². The maximum Gasteiger partial charge on any atom is 0.280 e. The molecule has 3 aromatic rings. The van der Waals surface area contributed by atoms with Crippen LogP contribution in [0, 0.1) is 12.9 Å². The van der Waals surface area contributed by atoms with Crippen LogP contribution in [0.25, 0.3) is 5.65 Å². The number of pyridine rings is 1. The van der Waals surface area contributed by atoms with Crippen molar-refractivity contribution in [3.05, 3.63) is 47.6 Å². The van der Waals surface area contributed by atoms with Crippen LogP contribution >= 0.6 is 0 Å². The third-order valence-electron chi connectivity index (χ3n) is 4.21. The zero-order valence-corrected chi connectivity index (χ0v) is 12.7. The first-order valence-electron chi connectivity index (χ1n) is 7.64. The molecule has 1 N–H and O–H groups in total. The van der Waals surface area contributed by atoms with Crippen molar-refractivity contribution in [2.75, 3.05) is 5.32 Å². The van der Waals surface area contributed by atoms with Crippen molar-refractivity contribution in [3.63, 3.8) is 0 Å². The zero-order chi connectivity index (χ0) is 16.0. The molecule has 1 aliphatic rings. The number of amides is 1. The minimum atomic E-state index is -0.644. The molecule has 0 saturated heterocycles. The van der Waals surface area contributed by atoms with Crippen molar-refractivity contribution < 1.29 is 9.18 Å². The van der Waals surface area contributed by atoms with Gasteiger partial charge in [0.05, 0.1) is 6.20 Å². The lowest BCUT2D eigenvalue weighted by Gasteiger charge is -2.16. The molecule has 0 radical (unpaired) electrons. The van der Waals surface area contributed by atoms with Crippen molar-refractivity contribution in [3.8, 4) is 0 Å². The van der Waals surface area contributed by atoms with Gasteiger partial charge in [-0.05, 0) is 31.9 Å². The summed E-state index contributed by atoms with van der Waals surface area (Å²) in [7, 11) is 0. The molecule has 4 heterocycles. The normalized spacial score (nSPS) is 14.0. The van der Waals surface area contributed by atoms with Crippen molar-refractivity contribution in [1.82, 2.24) is 18.9 Å². The molecule has 23 heavy (non-hydrogen) atoms. The van der Waals surface area contributed by atoms with Crippen molar-refractivity contribution in [2.45, 2.75) is 32.7 Å². The number of anilines is 1. The van der Waals surface area contributed by atoms with Crippen LogP contribution in [0.1, 0.15) is 34.8 Å². The molecule has 118 valence electrons. The third kappa shape index (κ3) is 2.19. The SMILES string of the molecule is Cc1cccc2nc(C(=O)Nc3cnc4n3CCCC4)c(F)n12. The second-order valence-electron chi connectivity index (χ2n) is 5.73. The lowest BCUT2D eigenvalue weighted by Crippen LogP contribution is -2.19. The molecule has 1 aliphatic heterocycles. The molecule has 0 aromatic carbocycles. The predicted molar refractivity (Wildman–Crippen MR) is 83.0 cm³/mol. The average molecular weight is 313 g/mol. The van der Waals surface area contributed by atoms with Gasteiger partial charge in [-0.15, -0.1) is 0 Å². The molecule has 0 unspecified atom stereocenters. The number of fused-ring (bicyclic) bond motifs is 2. The Morgan fingerprint density at radius 2 is 2.22 bits per heavy atom. The summed E-state index contributed by atoms with van der Waals surface area (Å²) >= 11 is 0. The van der Waals surface area contributed by atoms with E-state index in [2.05, 4.69) is 15.3 Å². The van der Waals surface area contributed by atoms with Gasteiger partial charge >= 0.3 is 0 Å². The number of hydrogen-bond donors (Lipinski definition) is 1. The molecule has 0 aliphatic carbocycles. The van der Waals surface area contributed by atoms with Crippen molar-refractivity contribution in [1.29, 1.82) is 0 Å². The maximum absolute atomic E-state index is 14.5. The number of hydrogen-bond acceptors (Lipinski definition) is 3. The van der Waals surface area contributed by atoms with Crippen LogP contribution in [-0.2, 0) is 13.0 Å². The molecular weight excluding hydrogens is 297 g/mol. The van der Waals surface area contributed by atoms with E-state index in [9.17, 15) is 9.18 Å². The smallest absolute Gasteiger partial charge is 0.280 e. The molecule has 1 amide bonds. The summed E-state index contributed by atoms with van der Waals surface area (Å²) in [5.41, 5.74) is 0.905. The van der Waals surface area contributed by atoms with E-state index in [-0.39, 0.29) is 5.69 Å². The molecule has 0 fully saturated rings. The highest BCUT2D eigenvalue weighted by Gasteiger charge is 2.22. The highest BCUT2D eigenvalue weighted by atomic mass is 19.1. The quantitative estimate of drug-likeness (QED) is 0.791. The zero-order valence-electron chi connectivity index (χ0n) is 12.7. The monoisotopic (exact) mass is 313 g/mol. The van der Waals surface area contributed by atoms with Gasteiger partial charge in [-0.3, -0.25) is 9.20 Å². The molecule has 3 aromatic heterocycles. The third-order valence-corrected chi connectivity index (χ3v) is 4.21. The maximum atomic E-state index is 14.5. The van der Waals surface area contributed by atoms with Crippen LogP contribution in [0.2, 0.25) is 0 Å². The second-order valence-corrected chi connectivity index (χ2v) is 5.73. The van der Waals surface area contributed by atoms with Crippen LogP contribution in [0.3, 0.4) is 0 Å². The van der Waals surface area contributed by atoms with Gasteiger partial charge in [-0.1, -0.05) is 6.07 Å². The van der Waals surface area contributed by atoms with Crippen LogP contribution in [0.15, 0.2) is 24.4 Å². The molecule has 0 spiro atoms. The fourth-order valence-corrected chi connectivity index (χ4v) is 3.05. The molecule has 0 saturated carbocycles. The number of aryl methyl sites for hydroxylation is 2. The Morgan fingerprint density at radius 1 is 1.35 bits per heavy atom. The molecule has 4 rings (SSSR count). The topological polar surface area (TPSA) is 64.2 Å². The van der Waals surface area contributed by atoms with Crippen molar-refractivity contribution in [2.24, 2.45) is 0 Å². The summed E-state index contributed by atoms with van der Waals surface area (Å²) in [6, 6.07) is 5.23. The van der Waals surface area contributed by atoms with Gasteiger partial charge in [0.2, 0.25) is 5.95 Å². The van der Waals surface area contributed by atoms with Gasteiger partial charge < -0.3 is 9.88 Å². The summed E-state index contributed by atoms with van der Waals surface area (Å²) in [6.07, 6.45) is 4.67. The second kappa shape index (κ2) is 5.19. The lowest BCUT2D eigenvalue weighted by atomic mass is 10.2. The number of carbonyl (C=O) groups is 1. The Kier molecular flexibility index (Phi) is 3.14. The number of nitrogens with zero attached hydrogens (tertiary/aromatic N) is 4. The summed E-state index contributed by atoms with van der Waals surface area (Å²) < 4.78 is 17.8. The first-order chi connectivity index (χ1) is 11.1. The minimum Gasteiger partial charge on any atom is -0.315 e. The van der Waals surface area contributed by atoms with E-state index in [1.807, 2.05) is 4.57 Å². The predicted octanol–water partition coefficient (Wildman–Crippen LogP) is 2.57. The fourth-order valence-electron chi connectivity index (χ4n) is 3.05. The number of aromatic nitrogens is 4. The van der Waals surface area contributed by atoms with E-state index in [0.717, 1.165) is 31.6 Å². The van der Waals surface area contributed by atoms with E-state index >= 15 is 0 Å². The standard InChI is InChI=1S/C16H16FN5O/c1-10-5-4-7-12-19-14(15(17)22(10)12)16(23)20-13-9-18-11-6-2-3-8-21(11)13/h4-5,7,9H,2-3,6,8H2,1H3,(H,20,23). The molecule has 7 heteroatoms. The van der Waals surface area contributed by atoms with E-state index in [0.29, 0.717) is 17.2 Å². The number of carbonyl (C=O) groups excluding carboxylic acids is 1. The van der Waals surface area contributed by atoms with Crippen LogP contribution in [0.5, 0.6) is 0 Å². The lowest BCUT2D eigenvalue weighted by molar-refractivity contribution is 0.101. The molecular formula is C16H16FN5O. The Morgan fingerprint density at radius 3 is 3.04 bits per heavy atom. The van der Waals surface area contributed by atoms with Gasteiger partial charge in [0.25, 0.3) is 5.91 Å². The molecule has 0 atom stereocenters. The number of imidazole rings is 2. The minimum absolute atomic E-state index is 0.203. The van der Waals surface area contributed by atoms with E-state index in [1.54, 1.807) is 31.3 Å². The molecule has 6 nitrogen and oxygen atoms in total. The number of rotatable bonds is 2. The Hall–Kier alpha value is -2.70. The van der Waals surface area contributed by atoms with Crippen LogP contribution in [0.4, 0.5) is 10.2 Å². The summed E-state index contributed by atoms with van der Waals surface area (Å²) in [5, 5.41) is 2.73. The molecule has 0 bridgehead atoms. The summed E-state index contributed by atoms with van der Waals surface area (Å²) in [4.78, 5) is 20.9. The largest absolute Gasteiger partial charge is 0.315 e. The Balaban J connectivity index is 1.69. The summed E-state index contributed by atoms with van der Waals surface area (Å²) in [6.45, 7) is 2.59. The van der Waals surface area contributed by atoms with E-state index < -0.39 is 11.9 Å². The van der Waals surface area contributed by atoms with Gasteiger partial charge in [0.15, 0.2) is 5.69 Å². The van der Waals surface area contributed by atoms with Crippen LogP contribution < -0.4 is 5.32 Å². The van der Waals surface area contributed by atoms with E-state index in [4.69, 9.17) is 0 Å². The Labute approximate surface area is 132 Å². The summed E-state index contributed by atoms with van der Waals surface area (Å²) in [5.74, 6) is 0.351. The highest BCUT2D eigenvalue weighted by molar-refractivity contribution is 6.03. The van der Waals surface area contributed by atoms with Gasteiger partial charge in [-0.25, -0.2) is 9.97 Å². The average Bonchev–Trinajstić information content (AvgIpc) is 3.10. The fraction of sp³-hybridized carbons (Fsp3) is 0.312. The number of nitrogens with one attached hydrogen (secondary N) is 1. The first-order valence-corrected chi connectivity index (χ1v) is 7.64. The first kappa shape index (κ1) is 13.9. The van der Waals surface area contributed by atoms with Crippen LogP contribution in [-0.4, -0.2) is 24.8 Å². The van der Waals surface area contributed by atoms with Gasteiger partial charge in [0, 0.05) is 18.7 Å².